The summed E-state index contributed by atoms with van der Waals surface area (Å²) in [6.07, 6.45) is 3.89. The highest BCUT2D eigenvalue weighted by molar-refractivity contribution is 5.97. The Hall–Kier alpha value is -7.56. The van der Waals surface area contributed by atoms with Crippen molar-refractivity contribution in [1.82, 2.24) is 9.97 Å². The number of anilines is 3. The van der Waals surface area contributed by atoms with E-state index in [1.807, 2.05) is 12.4 Å². The molecule has 0 saturated carbocycles. The molecule has 3 aliphatic carbocycles. The second-order valence-corrected chi connectivity index (χ2v) is 15.6. The van der Waals surface area contributed by atoms with Gasteiger partial charge in [0.25, 0.3) is 0 Å². The fourth-order valence-electron chi connectivity index (χ4n) is 10.9. The molecule has 0 saturated heterocycles. The van der Waals surface area contributed by atoms with E-state index in [1.165, 1.54) is 44.5 Å². The third-order valence-electron chi connectivity index (χ3n) is 13.0. The van der Waals surface area contributed by atoms with Crippen LogP contribution in [0.4, 0.5) is 17.1 Å². The molecule has 0 amide bonds. The SMILES string of the molecule is c1ccc(N(c2ccccc2)c2cnc3c(c2)C2(c4ccccc4Oc4cc5c(cc42)-c2ccccc2C52c4ccccc4-c4ccccc42)c2cccnc2-3)cc1. The maximum absolute atomic E-state index is 7.16. The van der Waals surface area contributed by atoms with E-state index in [0.717, 1.165) is 62.2 Å². The lowest BCUT2D eigenvalue weighted by Crippen LogP contribution is -2.33. The predicted octanol–water partition coefficient (Wildman–Crippen LogP) is 12.8. The van der Waals surface area contributed by atoms with E-state index in [4.69, 9.17) is 14.7 Å². The molecular weight excluding hydrogens is 707 g/mol. The van der Waals surface area contributed by atoms with Crippen molar-refractivity contribution < 1.29 is 4.74 Å². The minimum Gasteiger partial charge on any atom is -0.457 e. The lowest BCUT2D eigenvalue weighted by atomic mass is 9.65. The highest BCUT2D eigenvalue weighted by Crippen LogP contribution is 2.67. The summed E-state index contributed by atoms with van der Waals surface area (Å²) >= 11 is 0. The third kappa shape index (κ3) is 3.84. The quantitative estimate of drug-likeness (QED) is 0.181. The van der Waals surface area contributed by atoms with Gasteiger partial charge >= 0.3 is 0 Å². The van der Waals surface area contributed by atoms with Crippen LogP contribution < -0.4 is 9.64 Å². The van der Waals surface area contributed by atoms with Gasteiger partial charge in [0, 0.05) is 34.3 Å². The number of nitrogens with zero attached hydrogens (tertiary/aromatic N) is 3. The number of rotatable bonds is 3. The summed E-state index contributed by atoms with van der Waals surface area (Å²) < 4.78 is 7.16. The first-order valence-corrected chi connectivity index (χ1v) is 19.9. The van der Waals surface area contributed by atoms with Gasteiger partial charge in [-0.3, -0.25) is 9.97 Å². The minimum absolute atomic E-state index is 0.491. The first-order valence-electron chi connectivity index (χ1n) is 19.9. The molecule has 2 aromatic heterocycles. The summed E-state index contributed by atoms with van der Waals surface area (Å²) in [4.78, 5) is 12.7. The summed E-state index contributed by atoms with van der Waals surface area (Å²) in [7, 11) is 0. The average Bonchev–Trinajstić information content (AvgIpc) is 3.87. The van der Waals surface area contributed by atoms with Gasteiger partial charge in [0.05, 0.1) is 34.1 Å². The summed E-state index contributed by atoms with van der Waals surface area (Å²) in [5, 5.41) is 0. The van der Waals surface area contributed by atoms with Crippen molar-refractivity contribution in [3.05, 3.63) is 245 Å². The van der Waals surface area contributed by atoms with E-state index >= 15 is 0 Å². The van der Waals surface area contributed by atoms with Gasteiger partial charge in [0.1, 0.15) is 11.5 Å². The predicted molar refractivity (Wildman–Crippen MR) is 230 cm³/mol. The van der Waals surface area contributed by atoms with Crippen LogP contribution in [-0.4, -0.2) is 9.97 Å². The van der Waals surface area contributed by atoms with E-state index in [-0.39, 0.29) is 0 Å². The smallest absolute Gasteiger partial charge is 0.132 e. The van der Waals surface area contributed by atoms with Crippen molar-refractivity contribution >= 4 is 17.1 Å². The second-order valence-electron chi connectivity index (χ2n) is 15.6. The average molecular weight is 740 g/mol. The molecule has 7 aromatic carbocycles. The van der Waals surface area contributed by atoms with Crippen LogP contribution in [0.25, 0.3) is 33.6 Å². The topological polar surface area (TPSA) is 38.2 Å². The van der Waals surface area contributed by atoms with E-state index in [1.54, 1.807) is 0 Å². The molecule has 1 aliphatic heterocycles. The molecule has 1 unspecified atom stereocenters. The standard InChI is InChI=1S/C54H33N3O/c1-3-16-34(17-4-1)57(35-18-5-2-6-19-35)36-30-48-52(56-33-36)51-45(27-15-29-55-51)54(48)44-26-13-14-28-49(44)58-50-32-46-40(31-47(50)54)39-22-9-12-25-43(39)53(46)41-23-10-7-20-37(41)38-21-8-11-24-42(38)53/h1-33H. The Labute approximate surface area is 336 Å². The molecular formula is C54H33N3O. The number of pyridine rings is 2. The third-order valence-corrected chi connectivity index (χ3v) is 13.0. The van der Waals surface area contributed by atoms with Gasteiger partial charge < -0.3 is 9.64 Å². The summed E-state index contributed by atoms with van der Waals surface area (Å²) in [5.74, 6) is 1.69. The van der Waals surface area contributed by atoms with Gasteiger partial charge in [-0.25, -0.2) is 0 Å². The van der Waals surface area contributed by atoms with Crippen LogP contribution >= 0.6 is 0 Å². The molecule has 9 aromatic rings. The number of benzene rings is 7. The molecule has 4 nitrogen and oxygen atoms in total. The van der Waals surface area contributed by atoms with E-state index < -0.39 is 10.8 Å². The molecule has 4 aliphatic rings. The summed E-state index contributed by atoms with van der Waals surface area (Å²) in [6.45, 7) is 0. The van der Waals surface area contributed by atoms with Gasteiger partial charge in [-0.05, 0) is 105 Å². The van der Waals surface area contributed by atoms with Gasteiger partial charge in [0.2, 0.25) is 0 Å². The molecule has 3 heterocycles. The van der Waals surface area contributed by atoms with Crippen molar-refractivity contribution in [1.29, 1.82) is 0 Å². The zero-order valence-electron chi connectivity index (χ0n) is 31.3. The Morgan fingerprint density at radius 3 is 1.52 bits per heavy atom. The van der Waals surface area contributed by atoms with Gasteiger partial charge in [-0.1, -0.05) is 133 Å². The van der Waals surface area contributed by atoms with Gasteiger partial charge in [0.15, 0.2) is 0 Å². The molecule has 58 heavy (non-hydrogen) atoms. The lowest BCUT2D eigenvalue weighted by molar-refractivity contribution is 0.435. The maximum Gasteiger partial charge on any atom is 0.132 e. The maximum atomic E-state index is 7.16. The molecule has 270 valence electrons. The van der Waals surface area contributed by atoms with Crippen molar-refractivity contribution in [3.63, 3.8) is 0 Å². The minimum atomic E-state index is -0.767. The number of fused-ring (bicyclic) bond motifs is 19. The zero-order chi connectivity index (χ0) is 38.0. The van der Waals surface area contributed by atoms with Crippen LogP contribution in [0.3, 0.4) is 0 Å². The Morgan fingerprint density at radius 1 is 0.345 bits per heavy atom. The van der Waals surface area contributed by atoms with Crippen molar-refractivity contribution in [2.75, 3.05) is 4.90 Å². The van der Waals surface area contributed by atoms with Crippen LogP contribution in [-0.2, 0) is 10.8 Å². The molecule has 0 N–H and O–H groups in total. The zero-order valence-corrected chi connectivity index (χ0v) is 31.3. The Kier molecular flexibility index (Phi) is 6.27. The number of aromatic nitrogens is 2. The molecule has 4 heteroatoms. The van der Waals surface area contributed by atoms with Crippen LogP contribution in [0.1, 0.15) is 44.5 Å². The van der Waals surface area contributed by atoms with Crippen LogP contribution in [0.5, 0.6) is 11.5 Å². The molecule has 1 atom stereocenters. The lowest BCUT2D eigenvalue weighted by Gasteiger charge is -2.40. The summed E-state index contributed by atoms with van der Waals surface area (Å²) in [6, 6.07) is 68.0. The number of hydrogen-bond acceptors (Lipinski definition) is 4. The van der Waals surface area contributed by atoms with Gasteiger partial charge in [-0.2, -0.15) is 0 Å². The Morgan fingerprint density at radius 2 is 0.862 bits per heavy atom. The Bertz CT molecular complexity index is 3090. The second kappa shape index (κ2) is 11.5. The van der Waals surface area contributed by atoms with Crippen molar-refractivity contribution in [2.24, 2.45) is 0 Å². The highest BCUT2D eigenvalue weighted by atomic mass is 16.5. The van der Waals surface area contributed by atoms with Crippen LogP contribution in [0.2, 0.25) is 0 Å². The number of hydrogen-bond donors (Lipinski definition) is 0. The van der Waals surface area contributed by atoms with E-state index in [2.05, 4.69) is 193 Å². The largest absolute Gasteiger partial charge is 0.457 e. The summed E-state index contributed by atoms with van der Waals surface area (Å²) in [5.41, 5.74) is 18.2. The van der Waals surface area contributed by atoms with Crippen LogP contribution in [0.15, 0.2) is 200 Å². The van der Waals surface area contributed by atoms with Gasteiger partial charge in [-0.15, -0.1) is 0 Å². The van der Waals surface area contributed by atoms with Crippen molar-refractivity contribution in [3.8, 4) is 45.1 Å². The Balaban J connectivity index is 1.14. The number of para-hydroxylation sites is 3. The normalized spacial score (nSPS) is 16.3. The molecule has 0 bridgehead atoms. The first kappa shape index (κ1) is 31.6. The fourth-order valence-corrected chi connectivity index (χ4v) is 10.9. The first-order chi connectivity index (χ1) is 28.8. The number of ether oxygens (including phenoxy) is 1. The fraction of sp³-hybridized carbons (Fsp3) is 0.0370. The van der Waals surface area contributed by atoms with E-state index in [9.17, 15) is 0 Å². The molecule has 0 radical (unpaired) electrons. The monoisotopic (exact) mass is 739 g/mol. The molecule has 2 spiro atoms. The highest BCUT2D eigenvalue weighted by Gasteiger charge is 2.56. The van der Waals surface area contributed by atoms with E-state index in [0.29, 0.717) is 0 Å². The van der Waals surface area contributed by atoms with Crippen LogP contribution in [0, 0.1) is 0 Å². The van der Waals surface area contributed by atoms with Crippen molar-refractivity contribution in [2.45, 2.75) is 10.8 Å². The molecule has 13 rings (SSSR count). The molecule has 0 fully saturated rings.